The van der Waals surface area contributed by atoms with Gasteiger partial charge >= 0.3 is 4.87 Å². The minimum absolute atomic E-state index is 0.184. The highest BCUT2D eigenvalue weighted by atomic mass is 35.5. The number of nitro benzene ring substituents is 1. The van der Waals surface area contributed by atoms with Crippen molar-refractivity contribution >= 4 is 69.5 Å². The second kappa shape index (κ2) is 12.0. The number of hydrogen-bond donors (Lipinski definition) is 1. The summed E-state index contributed by atoms with van der Waals surface area (Å²) in [5.74, 6) is -2.33. The van der Waals surface area contributed by atoms with Gasteiger partial charge in [-0.15, -0.1) is 0 Å². The molecular weight excluding hydrogens is 644 g/mol. The lowest BCUT2D eigenvalue weighted by Crippen LogP contribution is -2.33. The van der Waals surface area contributed by atoms with E-state index in [1.807, 2.05) is 0 Å². The monoisotopic (exact) mass is 666 g/mol. The molecule has 4 aromatic rings. The molecule has 3 amide bonds. The lowest BCUT2D eigenvalue weighted by Gasteiger charge is -2.31. The Morgan fingerprint density at radius 2 is 1.67 bits per heavy atom. The van der Waals surface area contributed by atoms with E-state index in [0.717, 1.165) is 28.0 Å². The van der Waals surface area contributed by atoms with Gasteiger partial charge in [0.25, 0.3) is 5.69 Å². The molecule has 0 bridgehead atoms. The Kier molecular flexibility index (Phi) is 8.12. The number of nitrogens with zero attached hydrogens (tertiary/aromatic N) is 3. The molecule has 2 aliphatic heterocycles. The molecule has 0 saturated carbocycles. The Labute approximate surface area is 268 Å². The Balaban J connectivity index is 1.43. The zero-order valence-electron chi connectivity index (χ0n) is 23.6. The van der Waals surface area contributed by atoms with Gasteiger partial charge in [-0.1, -0.05) is 40.8 Å². The molecule has 45 heavy (non-hydrogen) atoms. The van der Waals surface area contributed by atoms with E-state index < -0.39 is 44.6 Å². The van der Waals surface area contributed by atoms with Crippen LogP contribution in [0, 0.1) is 16.0 Å². The van der Waals surface area contributed by atoms with Gasteiger partial charge in [0.05, 0.1) is 35.8 Å². The first kappa shape index (κ1) is 30.4. The van der Waals surface area contributed by atoms with Crippen molar-refractivity contribution in [3.05, 3.63) is 102 Å². The SMILES string of the molecule is COc1ccc([C@@H]2c3sc(=O)n(CC(=O)Nc4ccc(Cl)cc4)c3S[C@H]3C(=O)N(c4ccc([N+](=O)[O-])cc4)C(=O)[C@@H]23)cc1OC. The quantitative estimate of drug-likeness (QED) is 0.157. The van der Waals surface area contributed by atoms with E-state index in [1.165, 1.54) is 43.1 Å². The molecule has 1 fully saturated rings. The zero-order valence-corrected chi connectivity index (χ0v) is 26.0. The van der Waals surface area contributed by atoms with Crippen molar-refractivity contribution in [1.29, 1.82) is 0 Å². The van der Waals surface area contributed by atoms with E-state index in [9.17, 15) is 29.3 Å². The standard InChI is InChI=1S/C30H23ClN4O8S2/c1-42-20-12-3-15(13-21(20)43-2)23-24-25(28(38)34(27(24)37)18-8-10-19(11-9-18)35(40)41)44-29-26(23)45-30(39)33(29)14-22(36)32-17-6-4-16(31)5-7-17/h3-13,23-25H,14H2,1-2H3,(H,32,36)/t23-,24-,25+/m0/s1. The van der Waals surface area contributed by atoms with Gasteiger partial charge in [-0.05, 0) is 54.1 Å². The molecule has 1 saturated heterocycles. The maximum absolute atomic E-state index is 14.1. The Morgan fingerprint density at radius 3 is 2.31 bits per heavy atom. The van der Waals surface area contributed by atoms with Crippen molar-refractivity contribution < 1.29 is 28.8 Å². The minimum Gasteiger partial charge on any atom is -0.493 e. The first-order valence-corrected chi connectivity index (χ1v) is 15.5. The van der Waals surface area contributed by atoms with Crippen molar-refractivity contribution in [3.63, 3.8) is 0 Å². The predicted molar refractivity (Wildman–Crippen MR) is 169 cm³/mol. The third-order valence-electron chi connectivity index (χ3n) is 7.56. The molecule has 2 aliphatic rings. The molecule has 6 rings (SSSR count). The highest BCUT2D eigenvalue weighted by Gasteiger charge is 2.57. The van der Waals surface area contributed by atoms with Crippen molar-refractivity contribution in [2.45, 2.75) is 22.7 Å². The summed E-state index contributed by atoms with van der Waals surface area (Å²) in [4.78, 5) is 66.2. The van der Waals surface area contributed by atoms with Gasteiger partial charge in [-0.3, -0.25) is 33.9 Å². The normalized spacial score (nSPS) is 18.7. The fraction of sp³-hybridized carbons (Fsp3) is 0.200. The van der Waals surface area contributed by atoms with E-state index in [-0.39, 0.29) is 17.9 Å². The topological polar surface area (TPSA) is 150 Å². The number of aromatic nitrogens is 1. The highest BCUT2D eigenvalue weighted by Crippen LogP contribution is 2.54. The molecule has 0 radical (unpaired) electrons. The minimum atomic E-state index is -0.946. The van der Waals surface area contributed by atoms with Gasteiger partial charge in [0, 0.05) is 33.6 Å². The van der Waals surface area contributed by atoms with Gasteiger partial charge in [0.1, 0.15) is 11.8 Å². The van der Waals surface area contributed by atoms with Crippen LogP contribution in [0.4, 0.5) is 17.1 Å². The molecule has 0 unspecified atom stereocenters. The molecule has 0 spiro atoms. The first-order valence-electron chi connectivity index (χ1n) is 13.4. The van der Waals surface area contributed by atoms with Gasteiger partial charge in [0.15, 0.2) is 11.5 Å². The summed E-state index contributed by atoms with van der Waals surface area (Å²) in [6.45, 7) is -0.329. The summed E-state index contributed by atoms with van der Waals surface area (Å²) in [7, 11) is 2.96. The van der Waals surface area contributed by atoms with Crippen molar-refractivity contribution in [1.82, 2.24) is 4.57 Å². The third-order valence-corrected chi connectivity index (χ3v) is 10.4. The number of rotatable bonds is 8. The van der Waals surface area contributed by atoms with E-state index in [4.69, 9.17) is 21.1 Å². The van der Waals surface area contributed by atoms with Crippen LogP contribution in [0.5, 0.6) is 11.5 Å². The average molecular weight is 667 g/mol. The molecule has 12 nitrogen and oxygen atoms in total. The number of non-ortho nitro benzene ring substituents is 1. The van der Waals surface area contributed by atoms with Crippen LogP contribution in [-0.4, -0.2) is 46.7 Å². The number of hydrogen-bond acceptors (Lipinski definition) is 10. The molecule has 3 atom stereocenters. The van der Waals surface area contributed by atoms with E-state index >= 15 is 0 Å². The summed E-state index contributed by atoms with van der Waals surface area (Å²) in [6, 6.07) is 16.8. The number of thiazole rings is 1. The Hall–Kier alpha value is -4.66. The summed E-state index contributed by atoms with van der Waals surface area (Å²) in [5, 5.41) is 13.9. The van der Waals surface area contributed by atoms with Crippen molar-refractivity contribution in [2.24, 2.45) is 5.92 Å². The number of ether oxygens (including phenoxy) is 2. The fourth-order valence-corrected chi connectivity index (χ4v) is 8.42. The zero-order chi connectivity index (χ0) is 32.0. The lowest BCUT2D eigenvalue weighted by molar-refractivity contribution is -0.384. The Bertz CT molecular complexity index is 1910. The Morgan fingerprint density at radius 1 is 0.978 bits per heavy atom. The van der Waals surface area contributed by atoms with Crippen LogP contribution in [0.25, 0.3) is 0 Å². The van der Waals surface area contributed by atoms with Crippen LogP contribution in [0.1, 0.15) is 16.4 Å². The lowest BCUT2D eigenvalue weighted by atomic mass is 9.83. The fourth-order valence-electron chi connectivity index (χ4n) is 5.52. The molecular formula is C30H23ClN4O8S2. The van der Waals surface area contributed by atoms with E-state index in [0.29, 0.717) is 37.7 Å². The number of amides is 3. The number of halogens is 1. The van der Waals surface area contributed by atoms with Crippen molar-refractivity contribution in [3.8, 4) is 11.5 Å². The molecule has 230 valence electrons. The van der Waals surface area contributed by atoms with Crippen LogP contribution in [0.15, 0.2) is 76.6 Å². The van der Waals surface area contributed by atoms with Crippen LogP contribution in [0.2, 0.25) is 5.02 Å². The molecule has 0 aliphatic carbocycles. The molecule has 3 heterocycles. The number of carbonyl (C=O) groups excluding carboxylic acids is 3. The molecule has 1 aromatic heterocycles. The van der Waals surface area contributed by atoms with E-state index in [2.05, 4.69) is 5.32 Å². The predicted octanol–water partition coefficient (Wildman–Crippen LogP) is 4.92. The van der Waals surface area contributed by atoms with Crippen LogP contribution < -0.4 is 24.6 Å². The van der Waals surface area contributed by atoms with Gasteiger partial charge < -0.3 is 14.8 Å². The molecule has 3 aromatic carbocycles. The number of imide groups is 1. The first-order chi connectivity index (χ1) is 21.6. The van der Waals surface area contributed by atoms with Crippen molar-refractivity contribution in [2.75, 3.05) is 24.4 Å². The second-order valence-electron chi connectivity index (χ2n) is 10.1. The second-order valence-corrected chi connectivity index (χ2v) is 12.7. The summed E-state index contributed by atoms with van der Waals surface area (Å²) in [6.07, 6.45) is 0. The van der Waals surface area contributed by atoms with Crippen LogP contribution in [-0.2, 0) is 20.9 Å². The summed E-state index contributed by atoms with van der Waals surface area (Å²) < 4.78 is 12.2. The number of thioether (sulfide) groups is 1. The summed E-state index contributed by atoms with van der Waals surface area (Å²) in [5.41, 5.74) is 1.11. The largest absolute Gasteiger partial charge is 0.493 e. The maximum Gasteiger partial charge on any atom is 0.308 e. The number of nitro groups is 1. The number of fused-ring (bicyclic) bond motifs is 2. The maximum atomic E-state index is 14.1. The number of nitrogens with one attached hydrogen (secondary N) is 1. The third kappa shape index (κ3) is 5.45. The van der Waals surface area contributed by atoms with E-state index in [1.54, 1.807) is 42.5 Å². The number of methoxy groups -OCH3 is 2. The molecule has 1 N–H and O–H groups in total. The number of benzene rings is 3. The van der Waals surface area contributed by atoms with Crippen LogP contribution in [0.3, 0.4) is 0 Å². The highest BCUT2D eigenvalue weighted by molar-refractivity contribution is 8.00. The van der Waals surface area contributed by atoms with Gasteiger partial charge in [-0.2, -0.15) is 0 Å². The number of carbonyl (C=O) groups is 3. The summed E-state index contributed by atoms with van der Waals surface area (Å²) >= 11 is 7.91. The van der Waals surface area contributed by atoms with Gasteiger partial charge in [-0.25, -0.2) is 4.90 Å². The number of anilines is 2. The smallest absolute Gasteiger partial charge is 0.308 e. The average Bonchev–Trinajstić information content (AvgIpc) is 3.47. The van der Waals surface area contributed by atoms with Gasteiger partial charge in [0.2, 0.25) is 17.7 Å². The van der Waals surface area contributed by atoms with Crippen LogP contribution >= 0.6 is 34.7 Å². The molecule has 15 heteroatoms.